The van der Waals surface area contributed by atoms with Gasteiger partial charge in [-0.2, -0.15) is 5.10 Å². The van der Waals surface area contributed by atoms with Gasteiger partial charge in [-0.25, -0.2) is 9.97 Å². The van der Waals surface area contributed by atoms with Crippen LogP contribution in [0.5, 0.6) is 0 Å². The van der Waals surface area contributed by atoms with Crippen LogP contribution < -0.4 is 9.80 Å². The van der Waals surface area contributed by atoms with Gasteiger partial charge < -0.3 is 14.7 Å². The number of carbonyl (C=O) groups excluding carboxylic acids is 1. The Hall–Kier alpha value is -2.64. The zero-order valence-electron chi connectivity index (χ0n) is 14.4. The summed E-state index contributed by atoms with van der Waals surface area (Å²) in [5.41, 5.74) is 1.13. The van der Waals surface area contributed by atoms with Crippen LogP contribution in [0.25, 0.3) is 0 Å². The van der Waals surface area contributed by atoms with Gasteiger partial charge >= 0.3 is 0 Å². The Morgan fingerprint density at radius 3 is 2.75 bits per heavy atom. The number of piperazine rings is 1. The van der Waals surface area contributed by atoms with E-state index in [0.29, 0.717) is 13.1 Å². The molecule has 2 aromatic rings. The maximum Gasteiger partial charge on any atom is 0.241 e. The zero-order valence-corrected chi connectivity index (χ0v) is 14.4. The lowest BCUT2D eigenvalue weighted by atomic mass is 10.3. The molecule has 1 saturated heterocycles. The molecular weight excluding hydrogens is 306 g/mol. The van der Waals surface area contributed by atoms with Crippen molar-refractivity contribution < 1.29 is 4.79 Å². The summed E-state index contributed by atoms with van der Waals surface area (Å²) in [7, 11) is 3.74. The molecule has 0 atom stereocenters. The molecule has 8 nitrogen and oxygen atoms in total. The number of anilines is 2. The van der Waals surface area contributed by atoms with E-state index in [4.69, 9.17) is 0 Å². The molecule has 1 aliphatic heterocycles. The number of aromatic nitrogens is 4. The van der Waals surface area contributed by atoms with Gasteiger partial charge in [0.15, 0.2) is 0 Å². The van der Waals surface area contributed by atoms with E-state index in [1.165, 1.54) is 0 Å². The van der Waals surface area contributed by atoms with Crippen LogP contribution in [0.4, 0.5) is 11.6 Å². The Bertz CT molecular complexity index is 714. The Kier molecular flexibility index (Phi) is 4.64. The van der Waals surface area contributed by atoms with Crippen LogP contribution in [0.2, 0.25) is 0 Å². The molecule has 0 aliphatic carbocycles. The summed E-state index contributed by atoms with van der Waals surface area (Å²) in [4.78, 5) is 26.6. The fraction of sp³-hybridized carbons (Fsp3) is 0.500. The highest BCUT2D eigenvalue weighted by molar-refractivity contribution is 5.82. The number of rotatable bonds is 5. The minimum Gasteiger partial charge on any atom is -0.352 e. The molecule has 128 valence electrons. The largest absolute Gasteiger partial charge is 0.352 e. The van der Waals surface area contributed by atoms with Crippen molar-refractivity contribution in [3.8, 4) is 0 Å². The first kappa shape index (κ1) is 16.2. The third-order valence-corrected chi connectivity index (χ3v) is 4.26. The zero-order chi connectivity index (χ0) is 17.1. The minimum atomic E-state index is 0.115. The molecule has 0 bridgehead atoms. The number of likely N-dealkylation sites (N-methyl/N-ethyl adjacent to an activating group) is 1. The Balaban J connectivity index is 1.77. The predicted octanol–water partition coefficient (Wildman–Crippen LogP) is 0.515. The molecule has 0 spiro atoms. The molecule has 0 unspecified atom stereocenters. The number of aryl methyl sites for hydroxylation is 1. The van der Waals surface area contributed by atoms with Gasteiger partial charge in [0.05, 0.1) is 12.7 Å². The topological polar surface area (TPSA) is 70.4 Å². The van der Waals surface area contributed by atoms with Crippen LogP contribution in [0.1, 0.15) is 12.5 Å². The van der Waals surface area contributed by atoms with Crippen molar-refractivity contribution in [1.82, 2.24) is 24.6 Å². The molecule has 0 N–H and O–H groups in total. The van der Waals surface area contributed by atoms with Crippen molar-refractivity contribution in [2.75, 3.05) is 43.0 Å². The van der Waals surface area contributed by atoms with Gasteiger partial charge in [-0.05, 0) is 6.92 Å². The number of hydrogen-bond acceptors (Lipinski definition) is 6. The van der Waals surface area contributed by atoms with Gasteiger partial charge in [0.25, 0.3) is 0 Å². The number of hydrogen-bond donors (Lipinski definition) is 0. The smallest absolute Gasteiger partial charge is 0.241 e. The minimum absolute atomic E-state index is 0.115. The lowest BCUT2D eigenvalue weighted by Gasteiger charge is -2.33. The molecule has 2 aromatic heterocycles. The number of carbonyl (C=O) groups is 1. The first-order valence-electron chi connectivity index (χ1n) is 8.10. The first-order chi connectivity index (χ1) is 11.6. The van der Waals surface area contributed by atoms with Crippen molar-refractivity contribution in [2.24, 2.45) is 7.05 Å². The van der Waals surface area contributed by atoms with Gasteiger partial charge in [-0.1, -0.05) is 0 Å². The monoisotopic (exact) mass is 329 g/mol. The summed E-state index contributed by atoms with van der Waals surface area (Å²) in [6.07, 6.45) is 5.44. The summed E-state index contributed by atoms with van der Waals surface area (Å²) >= 11 is 0. The molecule has 8 heteroatoms. The Labute approximate surface area is 141 Å². The third kappa shape index (κ3) is 3.47. The van der Waals surface area contributed by atoms with Gasteiger partial charge in [0.1, 0.15) is 18.0 Å². The quantitative estimate of drug-likeness (QED) is 0.796. The summed E-state index contributed by atoms with van der Waals surface area (Å²) in [5, 5.41) is 4.21. The van der Waals surface area contributed by atoms with E-state index in [0.717, 1.165) is 36.8 Å². The second-order valence-electron chi connectivity index (χ2n) is 6.01. The van der Waals surface area contributed by atoms with E-state index in [2.05, 4.69) is 26.9 Å². The van der Waals surface area contributed by atoms with E-state index in [-0.39, 0.29) is 5.91 Å². The molecule has 3 heterocycles. The lowest BCUT2D eigenvalue weighted by molar-refractivity contribution is -0.129. The van der Waals surface area contributed by atoms with Crippen molar-refractivity contribution in [1.29, 1.82) is 0 Å². The SMILES string of the molecule is CCN(Cc1cnn(C)c1)c1cc(N2CCN(C)C(=O)C2)ncn1. The van der Waals surface area contributed by atoms with Crippen LogP contribution in [0, 0.1) is 0 Å². The maximum atomic E-state index is 11.9. The number of amides is 1. The van der Waals surface area contributed by atoms with E-state index in [1.54, 1.807) is 15.9 Å². The van der Waals surface area contributed by atoms with Crippen LogP contribution in [0.3, 0.4) is 0 Å². The summed E-state index contributed by atoms with van der Waals surface area (Å²) in [6, 6.07) is 1.96. The fourth-order valence-electron chi connectivity index (χ4n) is 2.77. The van der Waals surface area contributed by atoms with Crippen molar-refractivity contribution in [3.05, 3.63) is 30.4 Å². The van der Waals surface area contributed by atoms with Crippen LogP contribution in [0.15, 0.2) is 24.8 Å². The molecule has 3 rings (SSSR count). The fourth-order valence-corrected chi connectivity index (χ4v) is 2.77. The van der Waals surface area contributed by atoms with Gasteiger partial charge in [-0.3, -0.25) is 9.48 Å². The molecular formula is C16H23N7O. The second kappa shape index (κ2) is 6.86. The summed E-state index contributed by atoms with van der Waals surface area (Å²) in [6.45, 7) is 5.52. The van der Waals surface area contributed by atoms with Crippen molar-refractivity contribution in [2.45, 2.75) is 13.5 Å². The van der Waals surface area contributed by atoms with Crippen LogP contribution in [-0.2, 0) is 18.4 Å². The van der Waals surface area contributed by atoms with Crippen molar-refractivity contribution in [3.63, 3.8) is 0 Å². The van der Waals surface area contributed by atoms with Crippen LogP contribution in [-0.4, -0.2) is 63.8 Å². The Morgan fingerprint density at radius 2 is 2.08 bits per heavy atom. The standard InChI is InChI=1S/C16H23N7O/c1-4-22(10-13-8-19-21(3)9-13)14-7-15(18-12-17-14)23-6-5-20(2)16(24)11-23/h7-9,12H,4-6,10-11H2,1-3H3. The molecule has 0 aromatic carbocycles. The van der Waals surface area contributed by atoms with E-state index >= 15 is 0 Å². The maximum absolute atomic E-state index is 11.9. The molecule has 1 fully saturated rings. The average molecular weight is 329 g/mol. The molecule has 0 radical (unpaired) electrons. The van der Waals surface area contributed by atoms with Gasteiger partial charge in [0, 0.05) is 58.1 Å². The first-order valence-corrected chi connectivity index (χ1v) is 8.10. The third-order valence-electron chi connectivity index (χ3n) is 4.26. The molecule has 0 saturated carbocycles. The molecule has 24 heavy (non-hydrogen) atoms. The average Bonchev–Trinajstić information content (AvgIpc) is 3.00. The highest BCUT2D eigenvalue weighted by Gasteiger charge is 2.22. The Morgan fingerprint density at radius 1 is 1.25 bits per heavy atom. The summed E-state index contributed by atoms with van der Waals surface area (Å²) in [5.74, 6) is 1.77. The lowest BCUT2D eigenvalue weighted by Crippen LogP contribution is -2.48. The van der Waals surface area contributed by atoms with E-state index in [1.807, 2.05) is 37.5 Å². The second-order valence-corrected chi connectivity index (χ2v) is 6.01. The highest BCUT2D eigenvalue weighted by Crippen LogP contribution is 2.20. The van der Waals surface area contributed by atoms with E-state index < -0.39 is 0 Å². The van der Waals surface area contributed by atoms with Gasteiger partial charge in [0.2, 0.25) is 5.91 Å². The van der Waals surface area contributed by atoms with E-state index in [9.17, 15) is 4.79 Å². The van der Waals surface area contributed by atoms with Gasteiger partial charge in [-0.15, -0.1) is 0 Å². The molecule has 1 amide bonds. The highest BCUT2D eigenvalue weighted by atomic mass is 16.2. The van der Waals surface area contributed by atoms with Crippen molar-refractivity contribution >= 4 is 17.5 Å². The molecule has 1 aliphatic rings. The number of nitrogens with zero attached hydrogens (tertiary/aromatic N) is 7. The summed E-state index contributed by atoms with van der Waals surface area (Å²) < 4.78 is 1.80. The van der Waals surface area contributed by atoms with Crippen LogP contribution >= 0.6 is 0 Å². The normalized spacial score (nSPS) is 15.0. The predicted molar refractivity (Wildman–Crippen MR) is 91.8 cm³/mol.